The van der Waals surface area contributed by atoms with Gasteiger partial charge in [0.2, 0.25) is 11.8 Å². The van der Waals surface area contributed by atoms with Crippen molar-refractivity contribution in [1.29, 1.82) is 0 Å². The standard InChI is InChI=1S/C25H35N3O3/c1-16-12-17(2)14-18(13-16)22-21(10-11-29)23(26-27(22)5)31-15-25(3,4)24(30)28-19-6-7-20(28)9-8-19/h12-14,19-20,29H,6-11,15H2,1-5H3. The van der Waals surface area contributed by atoms with E-state index in [1.54, 1.807) is 0 Å². The van der Waals surface area contributed by atoms with Crippen LogP contribution in [0.1, 0.15) is 56.2 Å². The first-order chi connectivity index (χ1) is 14.7. The molecule has 1 N–H and O–H groups in total. The number of hydrogen-bond acceptors (Lipinski definition) is 4. The lowest BCUT2D eigenvalue weighted by Crippen LogP contribution is -2.46. The molecule has 168 valence electrons. The fourth-order valence-electron chi connectivity index (χ4n) is 5.37. The average Bonchev–Trinajstić information content (AvgIpc) is 3.38. The number of aromatic nitrogens is 2. The Hall–Kier alpha value is -2.34. The summed E-state index contributed by atoms with van der Waals surface area (Å²) in [6.45, 7) is 8.37. The van der Waals surface area contributed by atoms with Crippen molar-refractivity contribution in [3.05, 3.63) is 34.9 Å². The Morgan fingerprint density at radius 2 is 1.71 bits per heavy atom. The van der Waals surface area contributed by atoms with Crippen LogP contribution in [0.3, 0.4) is 0 Å². The smallest absolute Gasteiger partial charge is 0.236 e. The number of rotatable bonds is 7. The van der Waals surface area contributed by atoms with Crippen LogP contribution in [0.2, 0.25) is 0 Å². The van der Waals surface area contributed by atoms with Gasteiger partial charge in [-0.15, -0.1) is 5.10 Å². The molecule has 2 aromatic rings. The fourth-order valence-corrected chi connectivity index (χ4v) is 5.37. The molecule has 3 heterocycles. The van der Waals surface area contributed by atoms with Crippen LogP contribution in [0.15, 0.2) is 18.2 Å². The van der Waals surface area contributed by atoms with Gasteiger partial charge in [-0.3, -0.25) is 9.48 Å². The summed E-state index contributed by atoms with van der Waals surface area (Å²) in [5.41, 5.74) is 4.65. The normalized spacial score (nSPS) is 20.5. The fraction of sp³-hybridized carbons (Fsp3) is 0.600. The van der Waals surface area contributed by atoms with Gasteiger partial charge in [0.25, 0.3) is 0 Å². The van der Waals surface area contributed by atoms with E-state index in [-0.39, 0.29) is 19.1 Å². The Morgan fingerprint density at radius 1 is 1.13 bits per heavy atom. The van der Waals surface area contributed by atoms with Gasteiger partial charge in [0.05, 0.1) is 11.1 Å². The third-order valence-electron chi connectivity index (χ3n) is 6.80. The van der Waals surface area contributed by atoms with Crippen LogP contribution in [0.5, 0.6) is 5.88 Å². The molecular weight excluding hydrogens is 390 g/mol. The van der Waals surface area contributed by atoms with E-state index in [0.717, 1.165) is 42.5 Å². The third kappa shape index (κ3) is 4.10. The second kappa shape index (κ2) is 8.30. The third-order valence-corrected chi connectivity index (χ3v) is 6.80. The number of aliphatic hydroxyl groups is 1. The summed E-state index contributed by atoms with van der Waals surface area (Å²) < 4.78 is 8.00. The van der Waals surface area contributed by atoms with Crippen molar-refractivity contribution in [1.82, 2.24) is 14.7 Å². The molecule has 6 nitrogen and oxygen atoms in total. The maximum atomic E-state index is 13.3. The second-order valence-electron chi connectivity index (χ2n) is 9.95. The van der Waals surface area contributed by atoms with Crippen molar-refractivity contribution >= 4 is 5.91 Å². The molecule has 1 aromatic heterocycles. The Bertz CT molecular complexity index is 938. The summed E-state index contributed by atoms with van der Waals surface area (Å²) in [7, 11) is 1.90. The van der Waals surface area contributed by atoms with Gasteiger partial charge in [-0.25, -0.2) is 0 Å². The molecule has 31 heavy (non-hydrogen) atoms. The first-order valence-corrected chi connectivity index (χ1v) is 11.4. The molecule has 6 heteroatoms. The van der Waals surface area contributed by atoms with Crippen LogP contribution in [0.25, 0.3) is 11.3 Å². The molecule has 4 rings (SSSR count). The maximum absolute atomic E-state index is 13.3. The van der Waals surface area contributed by atoms with E-state index in [9.17, 15) is 9.90 Å². The molecule has 0 radical (unpaired) electrons. The first-order valence-electron chi connectivity index (χ1n) is 11.4. The minimum atomic E-state index is -0.626. The van der Waals surface area contributed by atoms with Gasteiger partial charge in [-0.1, -0.05) is 17.2 Å². The van der Waals surface area contributed by atoms with Gasteiger partial charge in [-0.05, 0) is 65.5 Å². The summed E-state index contributed by atoms with van der Waals surface area (Å²) in [6.07, 6.45) is 4.98. The van der Waals surface area contributed by atoms with Gasteiger partial charge >= 0.3 is 0 Å². The number of aryl methyl sites for hydroxylation is 3. The highest BCUT2D eigenvalue weighted by Crippen LogP contribution is 2.40. The summed E-state index contributed by atoms with van der Waals surface area (Å²) >= 11 is 0. The van der Waals surface area contributed by atoms with Crippen LogP contribution in [-0.2, 0) is 18.3 Å². The van der Waals surface area contributed by atoms with Crippen LogP contribution < -0.4 is 4.74 Å². The molecule has 2 aliphatic heterocycles. The number of carbonyl (C=O) groups is 1. The van der Waals surface area contributed by atoms with E-state index in [2.05, 4.69) is 42.0 Å². The zero-order valence-electron chi connectivity index (χ0n) is 19.4. The summed E-state index contributed by atoms with van der Waals surface area (Å²) in [6, 6.07) is 7.22. The lowest BCUT2D eigenvalue weighted by atomic mass is 9.92. The van der Waals surface area contributed by atoms with Gasteiger partial charge < -0.3 is 14.7 Å². The van der Waals surface area contributed by atoms with Crippen LogP contribution in [-0.4, -0.2) is 51.0 Å². The van der Waals surface area contributed by atoms with Crippen molar-refractivity contribution in [2.45, 2.75) is 71.9 Å². The molecular formula is C25H35N3O3. The maximum Gasteiger partial charge on any atom is 0.236 e. The number of amides is 1. The van der Waals surface area contributed by atoms with E-state index in [0.29, 0.717) is 24.4 Å². The Morgan fingerprint density at radius 3 is 2.26 bits per heavy atom. The molecule has 0 unspecified atom stereocenters. The minimum absolute atomic E-state index is 0.0132. The number of benzene rings is 1. The SMILES string of the molecule is Cc1cc(C)cc(-c2c(CCO)c(OCC(C)(C)C(=O)N3C4CCC3CC4)nn2C)c1. The molecule has 0 spiro atoms. The predicted molar refractivity (Wildman–Crippen MR) is 121 cm³/mol. The molecule has 1 amide bonds. The van der Waals surface area contributed by atoms with E-state index >= 15 is 0 Å². The lowest BCUT2D eigenvalue weighted by Gasteiger charge is -2.32. The monoisotopic (exact) mass is 425 g/mol. The molecule has 0 atom stereocenters. The van der Waals surface area contributed by atoms with Crippen LogP contribution in [0.4, 0.5) is 0 Å². The molecule has 0 saturated carbocycles. The van der Waals surface area contributed by atoms with E-state index in [1.165, 1.54) is 11.1 Å². The number of nitrogens with zero attached hydrogens (tertiary/aromatic N) is 3. The molecule has 2 saturated heterocycles. The van der Waals surface area contributed by atoms with E-state index in [4.69, 9.17) is 4.74 Å². The Labute approximate surface area is 185 Å². The van der Waals surface area contributed by atoms with E-state index in [1.807, 2.05) is 25.6 Å². The summed E-state index contributed by atoms with van der Waals surface area (Å²) in [4.78, 5) is 15.4. The molecule has 2 fully saturated rings. The van der Waals surface area contributed by atoms with Crippen molar-refractivity contribution < 1.29 is 14.6 Å². The van der Waals surface area contributed by atoms with Crippen LogP contribution >= 0.6 is 0 Å². The number of aliphatic hydroxyl groups excluding tert-OH is 1. The van der Waals surface area contributed by atoms with Crippen LogP contribution in [0, 0.1) is 19.3 Å². The molecule has 2 aliphatic rings. The number of hydrogen-bond donors (Lipinski definition) is 1. The highest BCUT2D eigenvalue weighted by atomic mass is 16.5. The van der Waals surface area contributed by atoms with Gasteiger partial charge in [0.15, 0.2) is 0 Å². The second-order valence-corrected chi connectivity index (χ2v) is 9.95. The number of ether oxygens (including phenoxy) is 1. The highest BCUT2D eigenvalue weighted by molar-refractivity contribution is 5.83. The molecule has 2 bridgehead atoms. The van der Waals surface area contributed by atoms with Crippen molar-refractivity contribution in [2.75, 3.05) is 13.2 Å². The first kappa shape index (κ1) is 21.9. The molecule has 1 aromatic carbocycles. The van der Waals surface area contributed by atoms with Gasteiger partial charge in [0, 0.05) is 43.3 Å². The van der Waals surface area contributed by atoms with Gasteiger partial charge in [-0.2, -0.15) is 0 Å². The quantitative estimate of drug-likeness (QED) is 0.733. The van der Waals surface area contributed by atoms with Crippen molar-refractivity contribution in [3.63, 3.8) is 0 Å². The highest BCUT2D eigenvalue weighted by Gasteiger charge is 2.46. The van der Waals surface area contributed by atoms with Crippen molar-refractivity contribution in [2.24, 2.45) is 12.5 Å². The topological polar surface area (TPSA) is 67.6 Å². The zero-order chi connectivity index (χ0) is 22.3. The Kier molecular flexibility index (Phi) is 5.86. The lowest BCUT2D eigenvalue weighted by molar-refractivity contribution is -0.143. The summed E-state index contributed by atoms with van der Waals surface area (Å²) in [5, 5.41) is 14.3. The summed E-state index contributed by atoms with van der Waals surface area (Å²) in [5.74, 6) is 0.697. The molecule has 0 aliphatic carbocycles. The number of carbonyl (C=O) groups excluding carboxylic acids is 1. The Balaban J connectivity index is 1.57. The number of fused-ring (bicyclic) bond motifs is 2. The zero-order valence-corrected chi connectivity index (χ0v) is 19.4. The predicted octanol–water partition coefficient (Wildman–Crippen LogP) is 3.80. The van der Waals surface area contributed by atoms with Gasteiger partial charge in [0.1, 0.15) is 6.61 Å². The minimum Gasteiger partial charge on any atom is -0.475 e. The van der Waals surface area contributed by atoms with Crippen molar-refractivity contribution in [3.8, 4) is 17.1 Å². The largest absolute Gasteiger partial charge is 0.475 e. The average molecular weight is 426 g/mol. The van der Waals surface area contributed by atoms with E-state index < -0.39 is 5.41 Å².